The molecule has 1 aromatic rings. The molecule has 0 aromatic heterocycles. The maximum Gasteiger partial charge on any atom is 0.122 e. The van der Waals surface area contributed by atoms with E-state index in [1.165, 1.54) is 11.1 Å². The average Bonchev–Trinajstić information content (AvgIpc) is 2.46. The maximum absolute atomic E-state index is 6.02. The molecule has 0 spiro atoms. The first-order valence-electron chi connectivity index (χ1n) is 7.90. The number of nitrogens with zero attached hydrogens (tertiary/aromatic N) is 1. The summed E-state index contributed by atoms with van der Waals surface area (Å²) in [5, 5.41) is 0. The van der Waals surface area contributed by atoms with E-state index < -0.39 is 0 Å². The van der Waals surface area contributed by atoms with Crippen molar-refractivity contribution in [2.45, 2.75) is 39.3 Å². The first kappa shape index (κ1) is 16.3. The molecule has 4 heteroatoms. The van der Waals surface area contributed by atoms with Crippen LogP contribution in [-0.4, -0.2) is 49.9 Å². The zero-order valence-electron chi connectivity index (χ0n) is 13.5. The Labute approximate surface area is 128 Å². The molecule has 21 heavy (non-hydrogen) atoms. The van der Waals surface area contributed by atoms with Crippen LogP contribution in [0.1, 0.15) is 25.0 Å². The van der Waals surface area contributed by atoms with Gasteiger partial charge in [-0.3, -0.25) is 4.90 Å². The molecule has 1 aromatic carbocycles. The van der Waals surface area contributed by atoms with E-state index in [2.05, 4.69) is 30.9 Å². The van der Waals surface area contributed by atoms with Crippen molar-refractivity contribution < 1.29 is 9.47 Å². The van der Waals surface area contributed by atoms with Crippen molar-refractivity contribution in [2.24, 2.45) is 5.73 Å². The van der Waals surface area contributed by atoms with Crippen molar-refractivity contribution in [3.05, 3.63) is 29.3 Å². The largest absolute Gasteiger partial charge is 0.491 e. The van der Waals surface area contributed by atoms with Crippen molar-refractivity contribution in [1.82, 2.24) is 4.90 Å². The van der Waals surface area contributed by atoms with Gasteiger partial charge in [0.25, 0.3) is 0 Å². The molecule has 1 aliphatic heterocycles. The van der Waals surface area contributed by atoms with Crippen LogP contribution in [0.4, 0.5) is 0 Å². The van der Waals surface area contributed by atoms with Crippen LogP contribution in [0.3, 0.4) is 0 Å². The summed E-state index contributed by atoms with van der Waals surface area (Å²) in [6, 6.07) is 6.43. The highest BCUT2D eigenvalue weighted by molar-refractivity contribution is 5.37. The minimum absolute atomic E-state index is 0.135. The normalized spacial score (nSPS) is 21.2. The average molecular weight is 292 g/mol. The predicted octanol–water partition coefficient (Wildman–Crippen LogP) is 1.98. The van der Waals surface area contributed by atoms with Gasteiger partial charge in [0.05, 0.1) is 6.61 Å². The third-order valence-corrected chi connectivity index (χ3v) is 3.85. The number of hydrogen-bond acceptors (Lipinski definition) is 4. The van der Waals surface area contributed by atoms with E-state index in [0.717, 1.165) is 38.4 Å². The molecule has 1 aliphatic rings. The number of rotatable bonds is 6. The van der Waals surface area contributed by atoms with Gasteiger partial charge >= 0.3 is 0 Å². The highest BCUT2D eigenvalue weighted by atomic mass is 16.5. The van der Waals surface area contributed by atoms with E-state index >= 15 is 0 Å². The Morgan fingerprint density at radius 2 is 2.29 bits per heavy atom. The van der Waals surface area contributed by atoms with Gasteiger partial charge in [-0.25, -0.2) is 0 Å². The molecule has 2 rings (SSSR count). The smallest absolute Gasteiger partial charge is 0.122 e. The molecule has 1 heterocycles. The lowest BCUT2D eigenvalue weighted by atomic mass is 10.0. The summed E-state index contributed by atoms with van der Waals surface area (Å²) in [5.74, 6) is 0.940. The number of hydrogen-bond donors (Lipinski definition) is 1. The molecule has 0 aliphatic carbocycles. The Bertz CT molecular complexity index is 448. The molecule has 0 bridgehead atoms. The number of morpholine rings is 1. The second-order valence-electron chi connectivity index (χ2n) is 5.99. The van der Waals surface area contributed by atoms with E-state index in [0.29, 0.717) is 6.61 Å². The van der Waals surface area contributed by atoms with Crippen LogP contribution in [-0.2, 0) is 11.2 Å². The molecule has 2 N–H and O–H groups in total. The Kier molecular flexibility index (Phi) is 6.03. The second-order valence-corrected chi connectivity index (χ2v) is 5.99. The molecule has 2 unspecified atom stereocenters. The van der Waals surface area contributed by atoms with Crippen LogP contribution in [0.15, 0.2) is 18.2 Å². The van der Waals surface area contributed by atoms with Crippen molar-refractivity contribution in [1.29, 1.82) is 0 Å². The Balaban J connectivity index is 1.95. The highest BCUT2D eigenvalue weighted by Crippen LogP contribution is 2.22. The summed E-state index contributed by atoms with van der Waals surface area (Å²) in [4.78, 5) is 2.40. The summed E-state index contributed by atoms with van der Waals surface area (Å²) >= 11 is 0. The summed E-state index contributed by atoms with van der Waals surface area (Å²) in [6.45, 7) is 10.7. The number of likely N-dealkylation sites (N-methyl/N-ethyl adjacent to an activating group) is 1. The topological polar surface area (TPSA) is 47.7 Å². The minimum atomic E-state index is 0.135. The SMILES string of the molecule is CCN1CCOC(COc2ccc(C)cc2CC(C)N)C1. The molecular weight excluding hydrogens is 264 g/mol. The fraction of sp³-hybridized carbons (Fsp3) is 0.647. The van der Waals surface area contributed by atoms with Gasteiger partial charge in [-0.2, -0.15) is 0 Å². The van der Waals surface area contributed by atoms with E-state index in [1.54, 1.807) is 0 Å². The Morgan fingerprint density at radius 3 is 3.00 bits per heavy atom. The van der Waals surface area contributed by atoms with Gasteiger partial charge in [-0.1, -0.05) is 24.6 Å². The lowest BCUT2D eigenvalue weighted by Gasteiger charge is -2.32. The van der Waals surface area contributed by atoms with Gasteiger partial charge in [0.2, 0.25) is 0 Å². The molecule has 4 nitrogen and oxygen atoms in total. The molecule has 1 saturated heterocycles. The molecule has 0 amide bonds. The Hall–Kier alpha value is -1.10. The third kappa shape index (κ3) is 4.99. The highest BCUT2D eigenvalue weighted by Gasteiger charge is 2.20. The van der Waals surface area contributed by atoms with Gasteiger partial charge in [-0.15, -0.1) is 0 Å². The molecule has 2 atom stereocenters. The van der Waals surface area contributed by atoms with Gasteiger partial charge in [0.1, 0.15) is 18.5 Å². The zero-order chi connectivity index (χ0) is 15.2. The van der Waals surface area contributed by atoms with Crippen LogP contribution in [0.5, 0.6) is 5.75 Å². The minimum Gasteiger partial charge on any atom is -0.491 e. The van der Waals surface area contributed by atoms with E-state index in [9.17, 15) is 0 Å². The van der Waals surface area contributed by atoms with Gasteiger partial charge in [0.15, 0.2) is 0 Å². The monoisotopic (exact) mass is 292 g/mol. The summed E-state index contributed by atoms with van der Waals surface area (Å²) in [7, 11) is 0. The lowest BCUT2D eigenvalue weighted by molar-refractivity contribution is -0.0465. The van der Waals surface area contributed by atoms with Crippen LogP contribution in [0, 0.1) is 6.92 Å². The van der Waals surface area contributed by atoms with Crippen molar-refractivity contribution >= 4 is 0 Å². The van der Waals surface area contributed by atoms with E-state index in [-0.39, 0.29) is 12.1 Å². The zero-order valence-corrected chi connectivity index (χ0v) is 13.5. The number of nitrogens with two attached hydrogens (primary N) is 1. The van der Waals surface area contributed by atoms with E-state index in [4.69, 9.17) is 15.2 Å². The first-order valence-corrected chi connectivity index (χ1v) is 7.90. The van der Waals surface area contributed by atoms with Gasteiger partial charge in [0, 0.05) is 19.1 Å². The fourth-order valence-electron chi connectivity index (χ4n) is 2.71. The third-order valence-electron chi connectivity index (χ3n) is 3.85. The maximum atomic E-state index is 6.02. The standard InChI is InChI=1S/C17H28N2O2/c1-4-19-7-8-20-16(11-19)12-21-17-6-5-13(2)9-15(17)10-14(3)18/h5-6,9,14,16H,4,7-8,10-12,18H2,1-3H3. The first-order chi connectivity index (χ1) is 10.1. The summed E-state index contributed by atoms with van der Waals surface area (Å²) in [6.07, 6.45) is 0.993. The molecule has 0 saturated carbocycles. The summed E-state index contributed by atoms with van der Waals surface area (Å²) in [5.41, 5.74) is 8.36. The van der Waals surface area contributed by atoms with Crippen LogP contribution in [0.2, 0.25) is 0 Å². The predicted molar refractivity (Wildman–Crippen MR) is 85.9 cm³/mol. The molecule has 1 fully saturated rings. The van der Waals surface area contributed by atoms with Gasteiger partial charge in [-0.05, 0) is 38.4 Å². The molecular formula is C17H28N2O2. The van der Waals surface area contributed by atoms with Crippen molar-refractivity contribution in [3.8, 4) is 5.75 Å². The number of ether oxygens (including phenoxy) is 2. The van der Waals surface area contributed by atoms with Crippen molar-refractivity contribution in [2.75, 3.05) is 32.8 Å². The van der Waals surface area contributed by atoms with Crippen LogP contribution >= 0.6 is 0 Å². The van der Waals surface area contributed by atoms with Crippen LogP contribution in [0.25, 0.3) is 0 Å². The quantitative estimate of drug-likeness (QED) is 0.871. The van der Waals surface area contributed by atoms with E-state index in [1.807, 2.05) is 13.0 Å². The van der Waals surface area contributed by atoms with Crippen molar-refractivity contribution in [3.63, 3.8) is 0 Å². The fourth-order valence-corrected chi connectivity index (χ4v) is 2.71. The summed E-state index contributed by atoms with van der Waals surface area (Å²) < 4.78 is 11.8. The lowest BCUT2D eigenvalue weighted by Crippen LogP contribution is -2.44. The molecule has 118 valence electrons. The molecule has 0 radical (unpaired) electrons. The van der Waals surface area contributed by atoms with Gasteiger partial charge < -0.3 is 15.2 Å². The number of aryl methyl sites for hydroxylation is 1. The van der Waals surface area contributed by atoms with Crippen LogP contribution < -0.4 is 10.5 Å². The number of benzene rings is 1. The Morgan fingerprint density at radius 1 is 1.48 bits per heavy atom. The second kappa shape index (κ2) is 7.78.